The molecule has 55 heavy (non-hydrogen) atoms. The molecule has 3 atom stereocenters. The number of hydrogen-bond donors (Lipinski definition) is 1. The Morgan fingerprint density at radius 2 is 1.35 bits per heavy atom. The van der Waals surface area contributed by atoms with Crippen LogP contribution in [-0.4, -0.2) is 72.4 Å². The smallest absolute Gasteiger partial charge is 0.467 e. The summed E-state index contributed by atoms with van der Waals surface area (Å²) in [5.41, 5.74) is -0.0560. The molecular weight excluding hydrogens is 712 g/mol. The van der Waals surface area contributed by atoms with Gasteiger partial charge in [-0.25, -0.2) is 19.2 Å². The third kappa shape index (κ3) is 11.8. The predicted octanol–water partition coefficient (Wildman–Crippen LogP) is 7.10. The van der Waals surface area contributed by atoms with Crippen molar-refractivity contribution < 1.29 is 57.2 Å². The molecule has 2 amide bonds. The van der Waals surface area contributed by atoms with Crippen LogP contribution in [0.1, 0.15) is 77.6 Å². The van der Waals surface area contributed by atoms with Gasteiger partial charge < -0.3 is 33.7 Å². The summed E-state index contributed by atoms with van der Waals surface area (Å²) in [5.74, 6) is -2.91. The van der Waals surface area contributed by atoms with E-state index in [1.807, 2.05) is 6.07 Å². The van der Waals surface area contributed by atoms with E-state index in [2.05, 4.69) is 5.32 Å². The average Bonchev–Trinajstić information content (AvgIpc) is 3.09. The number of esters is 1. The molecule has 4 rings (SSSR count). The zero-order chi connectivity index (χ0) is 40.7. The molecule has 1 heterocycles. The zero-order valence-electron chi connectivity index (χ0n) is 32.6. The lowest BCUT2D eigenvalue weighted by Crippen LogP contribution is -2.46. The third-order valence-corrected chi connectivity index (χ3v) is 8.20. The number of ketones is 1. The Morgan fingerprint density at radius 3 is 1.91 bits per heavy atom. The first kappa shape index (κ1) is 41.8. The number of nitrogens with one attached hydrogen (secondary N) is 1. The summed E-state index contributed by atoms with van der Waals surface area (Å²) < 4.78 is 32.8. The van der Waals surface area contributed by atoms with Gasteiger partial charge in [-0.2, -0.15) is 0 Å². The minimum atomic E-state index is -1.33. The fourth-order valence-electron chi connectivity index (χ4n) is 5.69. The van der Waals surface area contributed by atoms with Crippen molar-refractivity contribution in [2.45, 2.75) is 91.2 Å². The number of likely N-dealkylation sites (N-methyl/N-ethyl adjacent to an activating group) is 1. The lowest BCUT2D eigenvalue weighted by atomic mass is 9.90. The molecule has 0 spiro atoms. The predicted molar refractivity (Wildman–Crippen MR) is 199 cm³/mol. The van der Waals surface area contributed by atoms with E-state index in [-0.39, 0.29) is 47.6 Å². The summed E-state index contributed by atoms with van der Waals surface area (Å²) in [5, 5.41) is 2.68. The molecule has 0 unspecified atom stereocenters. The summed E-state index contributed by atoms with van der Waals surface area (Å²) >= 11 is 0. The third-order valence-electron chi connectivity index (χ3n) is 8.20. The molecular formula is C41H48N2O12. The van der Waals surface area contributed by atoms with Crippen LogP contribution in [0, 0.1) is 5.92 Å². The normalized spacial score (nSPS) is 17.4. The number of amides is 2. The van der Waals surface area contributed by atoms with Crippen LogP contribution >= 0.6 is 0 Å². The van der Waals surface area contributed by atoms with Crippen molar-refractivity contribution in [3.63, 3.8) is 0 Å². The number of Topliss-reactive ketones (excluding diaryl/α,β-unsaturated/α-hetero) is 1. The number of ether oxygens (including phenoxy) is 6. The maximum absolute atomic E-state index is 14.3. The minimum Gasteiger partial charge on any atom is -0.467 e. The fourth-order valence-corrected chi connectivity index (χ4v) is 5.69. The first-order chi connectivity index (χ1) is 25.7. The molecule has 3 aromatic rings. The van der Waals surface area contributed by atoms with Gasteiger partial charge in [0.2, 0.25) is 5.91 Å². The number of carbonyl (C=O) groups is 6. The number of rotatable bonds is 6. The Balaban J connectivity index is 1.95. The van der Waals surface area contributed by atoms with Crippen molar-refractivity contribution >= 4 is 36.1 Å². The van der Waals surface area contributed by atoms with Gasteiger partial charge in [0.15, 0.2) is 5.78 Å². The van der Waals surface area contributed by atoms with Gasteiger partial charge in [0, 0.05) is 36.9 Å². The Morgan fingerprint density at radius 1 is 0.782 bits per heavy atom. The second kappa shape index (κ2) is 17.5. The Labute approximate surface area is 320 Å². The molecule has 0 aromatic heterocycles. The summed E-state index contributed by atoms with van der Waals surface area (Å²) in [7, 11) is 2.57. The van der Waals surface area contributed by atoms with E-state index >= 15 is 0 Å². The van der Waals surface area contributed by atoms with Crippen molar-refractivity contribution in [3.8, 4) is 22.6 Å². The molecule has 1 N–H and O–H groups in total. The van der Waals surface area contributed by atoms with Crippen molar-refractivity contribution in [3.05, 3.63) is 83.4 Å². The van der Waals surface area contributed by atoms with Gasteiger partial charge in [-0.15, -0.1) is 0 Å². The fraction of sp³-hybridized carbons (Fsp3) is 0.415. The van der Waals surface area contributed by atoms with Gasteiger partial charge in [-0.3, -0.25) is 14.5 Å². The minimum absolute atomic E-state index is 0.0398. The number of benzene rings is 3. The summed E-state index contributed by atoms with van der Waals surface area (Å²) in [6.45, 7) is 11.4. The monoisotopic (exact) mass is 760 g/mol. The van der Waals surface area contributed by atoms with Crippen molar-refractivity contribution in [1.29, 1.82) is 0 Å². The molecule has 1 aliphatic heterocycles. The van der Waals surface area contributed by atoms with Gasteiger partial charge in [0.05, 0.1) is 7.11 Å². The Bertz CT molecular complexity index is 1910. The van der Waals surface area contributed by atoms with Gasteiger partial charge >= 0.3 is 24.4 Å². The van der Waals surface area contributed by atoms with E-state index in [0.717, 1.165) is 10.5 Å². The average molecular weight is 761 g/mol. The summed E-state index contributed by atoms with van der Waals surface area (Å²) in [6, 6.07) is 15.5. The van der Waals surface area contributed by atoms with Crippen LogP contribution in [0.3, 0.4) is 0 Å². The first-order valence-corrected chi connectivity index (χ1v) is 17.7. The number of methoxy groups -OCH3 is 1. The van der Waals surface area contributed by atoms with E-state index in [4.69, 9.17) is 28.4 Å². The van der Waals surface area contributed by atoms with Crippen molar-refractivity contribution in [1.82, 2.24) is 10.2 Å². The van der Waals surface area contributed by atoms with Gasteiger partial charge in [-0.1, -0.05) is 49.4 Å². The molecule has 1 aliphatic rings. The topological polar surface area (TPSA) is 173 Å². The van der Waals surface area contributed by atoms with E-state index in [0.29, 0.717) is 5.56 Å². The second-order valence-corrected chi connectivity index (χ2v) is 15.1. The van der Waals surface area contributed by atoms with Crippen LogP contribution in [-0.2, 0) is 46.4 Å². The van der Waals surface area contributed by atoms with Crippen LogP contribution in [0.15, 0.2) is 66.7 Å². The molecule has 0 saturated heterocycles. The highest BCUT2D eigenvalue weighted by atomic mass is 16.7. The van der Waals surface area contributed by atoms with Crippen molar-refractivity contribution in [2.75, 3.05) is 14.2 Å². The van der Waals surface area contributed by atoms with Crippen LogP contribution < -0.4 is 14.8 Å². The summed E-state index contributed by atoms with van der Waals surface area (Å²) in [4.78, 5) is 81.4. The maximum atomic E-state index is 14.3. The number of carbonyl (C=O) groups excluding carboxylic acids is 6. The number of nitrogens with zero attached hydrogens (tertiary/aromatic N) is 1. The quantitative estimate of drug-likeness (QED) is 0.154. The van der Waals surface area contributed by atoms with Crippen LogP contribution in [0.4, 0.5) is 14.4 Å². The highest BCUT2D eigenvalue weighted by molar-refractivity contribution is 5.94. The van der Waals surface area contributed by atoms with Crippen LogP contribution in [0.25, 0.3) is 11.1 Å². The molecule has 14 heteroatoms. The lowest BCUT2D eigenvalue weighted by Gasteiger charge is -2.29. The largest absolute Gasteiger partial charge is 0.514 e. The molecule has 0 radical (unpaired) electrons. The van der Waals surface area contributed by atoms with Crippen molar-refractivity contribution in [2.24, 2.45) is 5.92 Å². The van der Waals surface area contributed by atoms with Gasteiger partial charge in [0.25, 0.3) is 0 Å². The van der Waals surface area contributed by atoms with E-state index in [1.165, 1.54) is 45.3 Å². The van der Waals surface area contributed by atoms with E-state index < -0.39 is 65.3 Å². The van der Waals surface area contributed by atoms with E-state index in [9.17, 15) is 28.8 Å². The number of fused-ring (bicyclic) bond motifs is 5. The highest BCUT2D eigenvalue weighted by Gasteiger charge is 2.35. The zero-order valence-corrected chi connectivity index (χ0v) is 32.6. The standard InChI is InChI=1S/C41H48N2O12/c1-24-19-31(44)34(43(8)37(47)51-23-25-13-11-10-12-14-25)27-16-18-33(53-39(49)55-41(5,6)7)29(22-27)28-20-26(21-30(36(46)50-9)42-35(24)45)15-17-32(28)52-38(48)54-40(2,3)4/h10-18,20,22,24,30,34H,19,21,23H2,1-9H3,(H,42,45)/t24-,30+,34+/m1/s1. The van der Waals surface area contributed by atoms with Gasteiger partial charge in [-0.05, 0) is 82.5 Å². The lowest BCUT2D eigenvalue weighted by molar-refractivity contribution is -0.145. The Hall–Kier alpha value is -5.92. The SMILES string of the molecule is COC(=O)[C@@H]1Cc2ccc(OC(=O)OC(C)(C)C)c(c2)-c2cc(ccc2OC(=O)OC(C)(C)C)[C@H](N(C)C(=O)OCc2ccccc2)C(=O)C[C@@H](C)C(=O)N1. The molecule has 4 bridgehead atoms. The molecule has 0 fully saturated rings. The molecule has 0 saturated carbocycles. The highest BCUT2D eigenvalue weighted by Crippen LogP contribution is 2.41. The molecule has 294 valence electrons. The van der Waals surface area contributed by atoms with Crippen LogP contribution in [0.5, 0.6) is 11.5 Å². The van der Waals surface area contributed by atoms with Crippen LogP contribution in [0.2, 0.25) is 0 Å². The van der Waals surface area contributed by atoms with E-state index in [1.54, 1.807) is 77.9 Å². The first-order valence-electron chi connectivity index (χ1n) is 17.7. The second-order valence-electron chi connectivity index (χ2n) is 15.1. The molecule has 14 nitrogen and oxygen atoms in total. The Kier molecular flexibility index (Phi) is 13.3. The number of hydrogen-bond acceptors (Lipinski definition) is 12. The maximum Gasteiger partial charge on any atom is 0.514 e. The molecule has 3 aromatic carbocycles. The van der Waals surface area contributed by atoms with Gasteiger partial charge in [0.1, 0.15) is 41.4 Å². The summed E-state index contributed by atoms with van der Waals surface area (Å²) in [6.07, 6.45) is -3.33. The molecule has 0 aliphatic carbocycles.